The summed E-state index contributed by atoms with van der Waals surface area (Å²) in [6, 6.07) is -1.52. The molecule has 0 bridgehead atoms. The van der Waals surface area contributed by atoms with Crippen molar-refractivity contribution < 1.29 is 47.5 Å². The monoisotopic (exact) mass is 820 g/mol. The lowest BCUT2D eigenvalue weighted by atomic mass is 10.0. The Hall–Kier alpha value is -1.52. The van der Waals surface area contributed by atoms with Crippen LogP contribution in [-0.4, -0.2) is 59.9 Å². The van der Waals surface area contributed by atoms with Gasteiger partial charge in [0.1, 0.15) is 12.6 Å². The lowest BCUT2D eigenvalue weighted by Gasteiger charge is -2.20. The number of hydrogen-bond donors (Lipinski definition) is 3. The van der Waals surface area contributed by atoms with E-state index in [1.807, 2.05) is 0 Å². The zero-order valence-corrected chi connectivity index (χ0v) is 36.9. The molecule has 56 heavy (non-hydrogen) atoms. The van der Waals surface area contributed by atoms with Crippen molar-refractivity contribution in [2.45, 2.75) is 244 Å². The average Bonchev–Trinajstić information content (AvgIpc) is 3.17. The van der Waals surface area contributed by atoms with E-state index >= 15 is 0 Å². The van der Waals surface area contributed by atoms with E-state index in [9.17, 15) is 23.8 Å². The number of carbonyl (C=O) groups is 3. The van der Waals surface area contributed by atoms with Crippen LogP contribution in [0.2, 0.25) is 0 Å². The summed E-state index contributed by atoms with van der Waals surface area (Å²) in [5, 5.41) is 8.89. The number of aliphatic carboxylic acids is 1. The van der Waals surface area contributed by atoms with Gasteiger partial charge in [-0.2, -0.15) is 0 Å². The molecule has 332 valence electrons. The molecular weight excluding hydrogens is 733 g/mol. The lowest BCUT2D eigenvalue weighted by molar-refractivity contribution is -0.161. The fourth-order valence-corrected chi connectivity index (χ4v) is 7.49. The first-order valence-electron chi connectivity index (χ1n) is 23.1. The average molecular weight is 820 g/mol. The maximum atomic E-state index is 12.6. The van der Waals surface area contributed by atoms with Gasteiger partial charge in [0.2, 0.25) is 0 Å². The Labute approximate surface area is 342 Å². The molecule has 0 saturated carbocycles. The first kappa shape index (κ1) is 54.5. The number of carboxylic acids is 1. The van der Waals surface area contributed by atoms with Crippen LogP contribution in [0.5, 0.6) is 0 Å². The van der Waals surface area contributed by atoms with E-state index in [2.05, 4.69) is 18.4 Å². The fraction of sp³-hybridized carbons (Fsp3) is 0.932. The molecule has 4 N–H and O–H groups in total. The molecule has 0 aliphatic heterocycles. The quantitative estimate of drug-likeness (QED) is 0.0303. The first-order valence-corrected chi connectivity index (χ1v) is 24.6. The van der Waals surface area contributed by atoms with Crippen molar-refractivity contribution in [3.05, 3.63) is 0 Å². The van der Waals surface area contributed by atoms with E-state index in [4.69, 9.17) is 24.8 Å². The summed E-state index contributed by atoms with van der Waals surface area (Å²) in [6.45, 7) is 2.83. The first-order chi connectivity index (χ1) is 27.1. The zero-order chi connectivity index (χ0) is 41.4. The van der Waals surface area contributed by atoms with Crippen molar-refractivity contribution in [1.82, 2.24) is 0 Å². The van der Waals surface area contributed by atoms with Crippen molar-refractivity contribution in [3.63, 3.8) is 0 Å². The second-order valence-electron chi connectivity index (χ2n) is 15.9. The Morgan fingerprint density at radius 2 is 0.786 bits per heavy atom. The Kier molecular flexibility index (Phi) is 39.2. The lowest BCUT2D eigenvalue weighted by Crippen LogP contribution is -2.34. The summed E-state index contributed by atoms with van der Waals surface area (Å²) in [4.78, 5) is 45.9. The third-order valence-corrected chi connectivity index (χ3v) is 11.3. The number of carboxylic acid groups (broad SMARTS) is 1. The minimum Gasteiger partial charge on any atom is -0.480 e. The van der Waals surface area contributed by atoms with E-state index in [0.717, 1.165) is 38.5 Å². The molecule has 12 heteroatoms. The van der Waals surface area contributed by atoms with Crippen LogP contribution in [0.25, 0.3) is 0 Å². The van der Waals surface area contributed by atoms with Crippen molar-refractivity contribution in [2.75, 3.05) is 19.8 Å². The van der Waals surface area contributed by atoms with Crippen molar-refractivity contribution in [2.24, 2.45) is 5.73 Å². The van der Waals surface area contributed by atoms with Crippen LogP contribution in [0.3, 0.4) is 0 Å². The van der Waals surface area contributed by atoms with Crippen molar-refractivity contribution >= 4 is 25.7 Å². The second-order valence-corrected chi connectivity index (χ2v) is 17.4. The predicted molar refractivity (Wildman–Crippen MR) is 227 cm³/mol. The predicted octanol–water partition coefficient (Wildman–Crippen LogP) is 12.3. The van der Waals surface area contributed by atoms with Gasteiger partial charge in [-0.3, -0.25) is 23.4 Å². The van der Waals surface area contributed by atoms with E-state index in [0.29, 0.717) is 12.8 Å². The molecule has 0 aliphatic carbocycles. The number of hydrogen-bond acceptors (Lipinski definition) is 9. The molecule has 0 radical (unpaired) electrons. The van der Waals surface area contributed by atoms with E-state index in [1.165, 1.54) is 154 Å². The Morgan fingerprint density at radius 1 is 0.482 bits per heavy atom. The van der Waals surface area contributed by atoms with Crippen LogP contribution in [0.15, 0.2) is 0 Å². The Balaban J connectivity index is 4.21. The maximum Gasteiger partial charge on any atom is 0.472 e. The van der Waals surface area contributed by atoms with E-state index < -0.39 is 51.1 Å². The highest BCUT2D eigenvalue weighted by Gasteiger charge is 2.28. The minimum absolute atomic E-state index is 0.169. The van der Waals surface area contributed by atoms with Gasteiger partial charge in [-0.25, -0.2) is 4.57 Å². The maximum absolute atomic E-state index is 12.6. The normalized spacial score (nSPS) is 13.6. The summed E-state index contributed by atoms with van der Waals surface area (Å²) < 4.78 is 32.7. The molecule has 3 atom stereocenters. The van der Waals surface area contributed by atoms with Gasteiger partial charge in [0.25, 0.3) is 0 Å². The molecule has 0 heterocycles. The third kappa shape index (κ3) is 39.3. The fourth-order valence-electron chi connectivity index (χ4n) is 6.71. The van der Waals surface area contributed by atoms with Gasteiger partial charge in [-0.1, -0.05) is 206 Å². The summed E-state index contributed by atoms with van der Waals surface area (Å²) >= 11 is 0. The molecule has 0 saturated heterocycles. The topological polar surface area (TPSA) is 172 Å². The smallest absolute Gasteiger partial charge is 0.472 e. The molecule has 0 fully saturated rings. The molecule has 0 aliphatic rings. The zero-order valence-electron chi connectivity index (χ0n) is 36.0. The van der Waals surface area contributed by atoms with Crippen molar-refractivity contribution in [3.8, 4) is 0 Å². The SMILES string of the molecule is CCCCCCCCCCCCCCCCCCCCCCC(=O)OC[C@@H](COP(=O)(O)OC[C@@H](N)C(=O)O)OC(=O)CCCCCCCCCCCCCC. The van der Waals surface area contributed by atoms with Gasteiger partial charge in [0.15, 0.2) is 6.10 Å². The molecule has 0 rings (SSSR count). The van der Waals surface area contributed by atoms with E-state index in [-0.39, 0.29) is 19.4 Å². The van der Waals surface area contributed by atoms with E-state index in [1.54, 1.807) is 0 Å². The van der Waals surface area contributed by atoms with Crippen LogP contribution in [0.1, 0.15) is 232 Å². The molecule has 11 nitrogen and oxygen atoms in total. The van der Waals surface area contributed by atoms with Crippen LogP contribution in [-0.2, 0) is 37.5 Å². The number of ether oxygens (including phenoxy) is 2. The molecule has 0 aromatic carbocycles. The molecule has 0 amide bonds. The number of carbonyl (C=O) groups excluding carboxylic acids is 2. The van der Waals surface area contributed by atoms with Crippen LogP contribution < -0.4 is 5.73 Å². The van der Waals surface area contributed by atoms with Crippen LogP contribution >= 0.6 is 7.82 Å². The molecular formula is C44H86NO10P. The number of nitrogens with two attached hydrogens (primary N) is 1. The number of phosphoric ester groups is 1. The van der Waals surface area contributed by atoms with Crippen LogP contribution in [0.4, 0.5) is 0 Å². The molecule has 0 aromatic rings. The summed E-state index contributed by atoms with van der Waals surface area (Å²) in [7, 11) is -4.71. The number of esters is 2. The number of phosphoric acid groups is 1. The van der Waals surface area contributed by atoms with Gasteiger partial charge in [0, 0.05) is 12.8 Å². The Bertz CT molecular complexity index is 968. The highest BCUT2D eigenvalue weighted by atomic mass is 31.2. The van der Waals surface area contributed by atoms with Gasteiger partial charge in [-0.05, 0) is 12.8 Å². The van der Waals surface area contributed by atoms with Crippen LogP contribution in [0, 0.1) is 0 Å². The summed E-state index contributed by atoms with van der Waals surface area (Å²) in [6.07, 6.45) is 38.8. The van der Waals surface area contributed by atoms with Gasteiger partial charge < -0.3 is 25.2 Å². The number of rotatable bonds is 44. The summed E-state index contributed by atoms with van der Waals surface area (Å²) in [5.74, 6) is -2.36. The standard InChI is InChI=1S/C44H86NO10P/c1-3-5-7-9-11-13-15-17-18-19-20-21-22-23-24-26-27-29-31-33-35-42(46)52-37-40(38-53-56(50,51)54-39-41(45)44(48)49)55-43(47)36-34-32-30-28-25-16-14-12-10-8-6-4-2/h40-41H,3-39,45H2,1-2H3,(H,48,49)(H,50,51)/t40-,41+/m0/s1. The second kappa shape index (κ2) is 40.3. The van der Waals surface area contributed by atoms with Gasteiger partial charge >= 0.3 is 25.7 Å². The molecule has 0 aromatic heterocycles. The van der Waals surface area contributed by atoms with Crippen molar-refractivity contribution in [1.29, 1.82) is 0 Å². The number of unbranched alkanes of at least 4 members (excludes halogenated alkanes) is 30. The highest BCUT2D eigenvalue weighted by molar-refractivity contribution is 7.47. The van der Waals surface area contributed by atoms with Gasteiger partial charge in [0.05, 0.1) is 13.2 Å². The minimum atomic E-state index is -4.71. The van der Waals surface area contributed by atoms with Gasteiger partial charge in [-0.15, -0.1) is 0 Å². The summed E-state index contributed by atoms with van der Waals surface area (Å²) in [5.41, 5.74) is 5.33. The molecule has 1 unspecified atom stereocenters. The Morgan fingerprint density at radius 3 is 1.12 bits per heavy atom. The highest BCUT2D eigenvalue weighted by Crippen LogP contribution is 2.43. The third-order valence-electron chi connectivity index (χ3n) is 10.4. The largest absolute Gasteiger partial charge is 0.480 e. The molecule has 0 spiro atoms.